The van der Waals surface area contributed by atoms with Gasteiger partial charge in [-0.2, -0.15) is 0 Å². The van der Waals surface area contributed by atoms with Crippen LogP contribution in [0.4, 0.5) is 0 Å². The molecule has 134 valence electrons. The van der Waals surface area contributed by atoms with Crippen molar-refractivity contribution in [2.75, 3.05) is 0 Å². The van der Waals surface area contributed by atoms with Crippen LogP contribution in [0.5, 0.6) is 0 Å². The standard InChI is InChI=1S/C19H26N4O2/c1-5-22-17-8-7-14(9-18(17)23(6-2)19(22)24)11-20-12-15-10-16(13(3)4)21-25-15/h7-10,13,20H,5-6,11-12H2,1-4H3. The third kappa shape index (κ3) is 3.39. The first-order chi connectivity index (χ1) is 12.0. The molecular formula is C19H26N4O2. The van der Waals surface area contributed by atoms with E-state index in [9.17, 15) is 4.79 Å². The van der Waals surface area contributed by atoms with Crippen LogP contribution in [0, 0.1) is 0 Å². The number of hydrogen-bond acceptors (Lipinski definition) is 4. The van der Waals surface area contributed by atoms with Gasteiger partial charge in [-0.05, 0) is 37.5 Å². The minimum atomic E-state index is 0.0629. The zero-order valence-electron chi connectivity index (χ0n) is 15.4. The van der Waals surface area contributed by atoms with Crippen LogP contribution in [-0.2, 0) is 26.2 Å². The van der Waals surface area contributed by atoms with Gasteiger partial charge in [0, 0.05) is 25.7 Å². The van der Waals surface area contributed by atoms with E-state index in [0.717, 1.165) is 28.1 Å². The van der Waals surface area contributed by atoms with E-state index in [1.165, 1.54) is 0 Å². The summed E-state index contributed by atoms with van der Waals surface area (Å²) in [5.41, 5.74) is 4.18. The van der Waals surface area contributed by atoms with Gasteiger partial charge in [0.05, 0.1) is 23.3 Å². The summed E-state index contributed by atoms with van der Waals surface area (Å²) in [4.78, 5) is 12.4. The molecule has 1 aromatic carbocycles. The zero-order chi connectivity index (χ0) is 18.0. The Bertz CT molecular complexity index is 917. The quantitative estimate of drug-likeness (QED) is 0.716. The minimum absolute atomic E-state index is 0.0629. The third-order valence-corrected chi connectivity index (χ3v) is 4.51. The topological polar surface area (TPSA) is 65.0 Å². The highest BCUT2D eigenvalue weighted by Gasteiger charge is 2.11. The van der Waals surface area contributed by atoms with Crippen molar-refractivity contribution in [3.63, 3.8) is 0 Å². The summed E-state index contributed by atoms with van der Waals surface area (Å²) in [5.74, 6) is 1.21. The molecule has 25 heavy (non-hydrogen) atoms. The molecule has 2 heterocycles. The smallest absolute Gasteiger partial charge is 0.329 e. The number of hydrogen-bond donors (Lipinski definition) is 1. The van der Waals surface area contributed by atoms with Gasteiger partial charge < -0.3 is 9.84 Å². The van der Waals surface area contributed by atoms with Gasteiger partial charge in [0.1, 0.15) is 0 Å². The molecule has 0 aliphatic carbocycles. The average Bonchev–Trinajstić information content (AvgIpc) is 3.16. The maximum Gasteiger partial charge on any atom is 0.329 e. The van der Waals surface area contributed by atoms with Crippen LogP contribution in [0.3, 0.4) is 0 Å². The van der Waals surface area contributed by atoms with Crippen molar-refractivity contribution >= 4 is 11.0 Å². The molecule has 0 bridgehead atoms. The van der Waals surface area contributed by atoms with E-state index >= 15 is 0 Å². The highest BCUT2D eigenvalue weighted by atomic mass is 16.5. The molecular weight excluding hydrogens is 316 g/mol. The molecule has 0 saturated heterocycles. The number of fused-ring (bicyclic) bond motifs is 1. The van der Waals surface area contributed by atoms with Gasteiger partial charge in [-0.15, -0.1) is 0 Å². The van der Waals surface area contributed by atoms with Gasteiger partial charge in [0.25, 0.3) is 0 Å². The van der Waals surface area contributed by atoms with Crippen LogP contribution in [0.15, 0.2) is 33.6 Å². The maximum absolute atomic E-state index is 12.4. The van der Waals surface area contributed by atoms with Gasteiger partial charge >= 0.3 is 5.69 Å². The van der Waals surface area contributed by atoms with Crippen molar-refractivity contribution in [3.05, 3.63) is 51.8 Å². The summed E-state index contributed by atoms with van der Waals surface area (Å²) in [6.07, 6.45) is 0. The van der Waals surface area contributed by atoms with Crippen LogP contribution >= 0.6 is 0 Å². The molecule has 0 amide bonds. The summed E-state index contributed by atoms with van der Waals surface area (Å²) in [6, 6.07) is 8.20. The lowest BCUT2D eigenvalue weighted by molar-refractivity contribution is 0.365. The zero-order valence-corrected chi connectivity index (χ0v) is 15.4. The van der Waals surface area contributed by atoms with Crippen molar-refractivity contribution in [1.29, 1.82) is 0 Å². The van der Waals surface area contributed by atoms with Crippen molar-refractivity contribution in [1.82, 2.24) is 19.6 Å². The molecule has 0 aliphatic rings. The Balaban J connectivity index is 1.74. The second-order valence-corrected chi connectivity index (χ2v) is 6.57. The van der Waals surface area contributed by atoms with E-state index < -0.39 is 0 Å². The van der Waals surface area contributed by atoms with E-state index in [1.54, 1.807) is 0 Å². The predicted molar refractivity (Wildman–Crippen MR) is 98.7 cm³/mol. The van der Waals surface area contributed by atoms with Gasteiger partial charge in [-0.3, -0.25) is 9.13 Å². The summed E-state index contributed by atoms with van der Waals surface area (Å²) >= 11 is 0. The maximum atomic E-state index is 12.4. The monoisotopic (exact) mass is 342 g/mol. The lowest BCUT2D eigenvalue weighted by Crippen LogP contribution is -2.23. The number of nitrogens with zero attached hydrogens (tertiary/aromatic N) is 3. The molecule has 3 aromatic rings. The van der Waals surface area contributed by atoms with E-state index in [4.69, 9.17) is 4.52 Å². The average molecular weight is 342 g/mol. The molecule has 2 aromatic heterocycles. The lowest BCUT2D eigenvalue weighted by Gasteiger charge is -2.05. The first-order valence-corrected chi connectivity index (χ1v) is 8.93. The predicted octanol–water partition coefficient (Wildman–Crippen LogP) is 3.24. The molecule has 6 heteroatoms. The highest BCUT2D eigenvalue weighted by Crippen LogP contribution is 2.17. The first kappa shape index (κ1) is 17.5. The van der Waals surface area contributed by atoms with Gasteiger partial charge in [-0.25, -0.2) is 4.79 Å². The molecule has 0 unspecified atom stereocenters. The molecule has 3 rings (SSSR count). The van der Waals surface area contributed by atoms with Crippen molar-refractivity contribution in [3.8, 4) is 0 Å². The second kappa shape index (κ2) is 7.27. The van der Waals surface area contributed by atoms with Crippen molar-refractivity contribution < 1.29 is 4.52 Å². The fraction of sp³-hybridized carbons (Fsp3) is 0.474. The van der Waals surface area contributed by atoms with Gasteiger partial charge in [0.15, 0.2) is 5.76 Å². The lowest BCUT2D eigenvalue weighted by atomic mass is 10.1. The molecule has 0 saturated carbocycles. The van der Waals surface area contributed by atoms with E-state index in [0.29, 0.717) is 32.1 Å². The number of benzene rings is 1. The van der Waals surface area contributed by atoms with Crippen molar-refractivity contribution in [2.24, 2.45) is 0 Å². The van der Waals surface area contributed by atoms with Crippen LogP contribution in [0.1, 0.15) is 50.6 Å². The second-order valence-electron chi connectivity index (χ2n) is 6.57. The van der Waals surface area contributed by atoms with E-state index in [2.05, 4.69) is 36.5 Å². The SMILES string of the molecule is CCn1c(=O)n(CC)c2cc(CNCc3cc(C(C)C)no3)ccc21. The number of aryl methyl sites for hydroxylation is 2. The Labute approximate surface area is 147 Å². The number of aromatic nitrogens is 3. The molecule has 6 nitrogen and oxygen atoms in total. The minimum Gasteiger partial charge on any atom is -0.360 e. The largest absolute Gasteiger partial charge is 0.360 e. The normalized spacial score (nSPS) is 11.7. The van der Waals surface area contributed by atoms with Gasteiger partial charge in [-0.1, -0.05) is 25.1 Å². The Morgan fingerprint density at radius 1 is 1.08 bits per heavy atom. The molecule has 0 aliphatic heterocycles. The highest BCUT2D eigenvalue weighted by molar-refractivity contribution is 5.77. The van der Waals surface area contributed by atoms with Crippen LogP contribution in [0.25, 0.3) is 11.0 Å². The Kier molecular flexibility index (Phi) is 5.08. The first-order valence-electron chi connectivity index (χ1n) is 8.93. The molecule has 0 fully saturated rings. The fourth-order valence-electron chi connectivity index (χ4n) is 3.10. The third-order valence-electron chi connectivity index (χ3n) is 4.51. The Hall–Kier alpha value is -2.34. The summed E-state index contributed by atoms with van der Waals surface area (Å²) in [5, 5.41) is 7.45. The van der Waals surface area contributed by atoms with Crippen LogP contribution < -0.4 is 11.0 Å². The Morgan fingerprint density at radius 2 is 1.80 bits per heavy atom. The molecule has 1 N–H and O–H groups in total. The number of rotatable bonds is 7. The molecule has 0 radical (unpaired) electrons. The van der Waals surface area contributed by atoms with Crippen LogP contribution in [0.2, 0.25) is 0 Å². The van der Waals surface area contributed by atoms with Crippen LogP contribution in [-0.4, -0.2) is 14.3 Å². The fourth-order valence-corrected chi connectivity index (χ4v) is 3.10. The van der Waals surface area contributed by atoms with E-state index in [-0.39, 0.29) is 5.69 Å². The van der Waals surface area contributed by atoms with Crippen molar-refractivity contribution in [2.45, 2.75) is 59.8 Å². The number of imidazole rings is 1. The summed E-state index contributed by atoms with van der Waals surface area (Å²) in [7, 11) is 0. The Morgan fingerprint density at radius 3 is 2.44 bits per heavy atom. The number of nitrogens with one attached hydrogen (secondary N) is 1. The van der Waals surface area contributed by atoms with E-state index in [1.807, 2.05) is 35.1 Å². The summed E-state index contributed by atoms with van der Waals surface area (Å²) in [6.45, 7) is 10.9. The summed E-state index contributed by atoms with van der Waals surface area (Å²) < 4.78 is 8.99. The van der Waals surface area contributed by atoms with Gasteiger partial charge in [0.2, 0.25) is 0 Å². The molecule has 0 spiro atoms. The molecule has 0 atom stereocenters.